The van der Waals surface area contributed by atoms with E-state index in [4.69, 9.17) is 4.74 Å². The van der Waals surface area contributed by atoms with Crippen molar-refractivity contribution in [1.29, 1.82) is 0 Å². The number of ether oxygens (including phenoxy) is 1. The number of benzene rings is 2. The summed E-state index contributed by atoms with van der Waals surface area (Å²) < 4.78 is 5.55. The van der Waals surface area contributed by atoms with Crippen LogP contribution < -0.4 is 4.74 Å². The van der Waals surface area contributed by atoms with Crippen LogP contribution in [-0.4, -0.2) is 60.2 Å². The topological polar surface area (TPSA) is 66.9 Å². The Balaban J connectivity index is 1.46. The first-order valence-electron chi connectivity index (χ1n) is 9.46. The largest absolute Gasteiger partial charge is 0.484 e. The average molecular weight is 380 g/mol. The number of amides is 2. The van der Waals surface area contributed by atoms with Gasteiger partial charge in [0.15, 0.2) is 12.4 Å². The lowest BCUT2D eigenvalue weighted by Gasteiger charge is -2.34. The standard InChI is InChI=1S/C22H24N2O4/c1-2-20(25)17-8-10-19(11-9-17)28-16-21(26)23-12-14-24(15-13-23)22(27)18-6-4-3-5-7-18/h3-11H,2,12-16H2,1H3. The van der Waals surface area contributed by atoms with Crippen LogP contribution >= 0.6 is 0 Å². The summed E-state index contributed by atoms with van der Waals surface area (Å²) in [5.41, 5.74) is 1.30. The van der Waals surface area contributed by atoms with Gasteiger partial charge in [-0.15, -0.1) is 0 Å². The maximum Gasteiger partial charge on any atom is 0.260 e. The van der Waals surface area contributed by atoms with Gasteiger partial charge in [-0.2, -0.15) is 0 Å². The molecule has 6 heteroatoms. The second-order valence-electron chi connectivity index (χ2n) is 6.63. The Morgan fingerprint density at radius 2 is 1.43 bits per heavy atom. The Morgan fingerprint density at radius 3 is 2.04 bits per heavy atom. The van der Waals surface area contributed by atoms with Gasteiger partial charge in [0.25, 0.3) is 11.8 Å². The van der Waals surface area contributed by atoms with Crippen molar-refractivity contribution >= 4 is 17.6 Å². The lowest BCUT2D eigenvalue weighted by Crippen LogP contribution is -2.51. The molecular formula is C22H24N2O4. The molecule has 3 rings (SSSR count). The molecule has 0 aromatic heterocycles. The maximum atomic E-state index is 12.5. The molecule has 146 valence electrons. The van der Waals surface area contributed by atoms with E-state index in [1.54, 1.807) is 46.2 Å². The monoisotopic (exact) mass is 380 g/mol. The molecular weight excluding hydrogens is 356 g/mol. The zero-order chi connectivity index (χ0) is 19.9. The number of rotatable bonds is 6. The van der Waals surface area contributed by atoms with Gasteiger partial charge in [0.2, 0.25) is 0 Å². The van der Waals surface area contributed by atoms with Crippen molar-refractivity contribution in [2.24, 2.45) is 0 Å². The van der Waals surface area contributed by atoms with Crippen molar-refractivity contribution in [3.63, 3.8) is 0 Å². The van der Waals surface area contributed by atoms with E-state index in [9.17, 15) is 14.4 Å². The molecule has 0 saturated carbocycles. The Hall–Kier alpha value is -3.15. The third-order valence-corrected chi connectivity index (χ3v) is 4.80. The van der Waals surface area contributed by atoms with Gasteiger partial charge in [0.05, 0.1) is 0 Å². The van der Waals surface area contributed by atoms with Gasteiger partial charge in [0.1, 0.15) is 5.75 Å². The van der Waals surface area contributed by atoms with Gasteiger partial charge in [-0.3, -0.25) is 14.4 Å². The molecule has 0 unspecified atom stereocenters. The fraction of sp³-hybridized carbons (Fsp3) is 0.318. The van der Waals surface area contributed by atoms with Crippen LogP contribution in [-0.2, 0) is 4.79 Å². The summed E-state index contributed by atoms with van der Waals surface area (Å²) in [4.78, 5) is 40.0. The summed E-state index contributed by atoms with van der Waals surface area (Å²) in [5.74, 6) is 0.510. The molecule has 1 aliphatic heterocycles. The Kier molecular flexibility index (Phi) is 6.42. The predicted octanol–water partition coefficient (Wildman–Crippen LogP) is 2.64. The molecule has 2 aromatic carbocycles. The smallest absolute Gasteiger partial charge is 0.260 e. The highest BCUT2D eigenvalue weighted by molar-refractivity contribution is 5.96. The number of hydrogen-bond donors (Lipinski definition) is 0. The number of carbonyl (C=O) groups is 3. The summed E-state index contributed by atoms with van der Waals surface area (Å²) >= 11 is 0. The van der Waals surface area contributed by atoms with E-state index in [0.29, 0.717) is 49.5 Å². The SMILES string of the molecule is CCC(=O)c1ccc(OCC(=O)N2CCN(C(=O)c3ccccc3)CC2)cc1. The van der Waals surface area contributed by atoms with Crippen LogP contribution in [0.2, 0.25) is 0 Å². The van der Waals surface area contributed by atoms with Crippen LogP contribution in [0.5, 0.6) is 5.75 Å². The van der Waals surface area contributed by atoms with Crippen LogP contribution in [0.3, 0.4) is 0 Å². The fourth-order valence-corrected chi connectivity index (χ4v) is 3.10. The molecule has 0 radical (unpaired) electrons. The zero-order valence-electron chi connectivity index (χ0n) is 16.0. The first kappa shape index (κ1) is 19.6. The van der Waals surface area contributed by atoms with E-state index < -0.39 is 0 Å². The van der Waals surface area contributed by atoms with Crippen LogP contribution in [0.15, 0.2) is 54.6 Å². The molecule has 28 heavy (non-hydrogen) atoms. The lowest BCUT2D eigenvalue weighted by molar-refractivity contribution is -0.134. The zero-order valence-corrected chi connectivity index (χ0v) is 16.0. The predicted molar refractivity (Wildman–Crippen MR) is 105 cm³/mol. The quantitative estimate of drug-likeness (QED) is 0.723. The highest BCUT2D eigenvalue weighted by Gasteiger charge is 2.24. The second-order valence-corrected chi connectivity index (χ2v) is 6.63. The number of carbonyl (C=O) groups excluding carboxylic acids is 3. The summed E-state index contributed by atoms with van der Waals surface area (Å²) in [6, 6.07) is 16.0. The maximum absolute atomic E-state index is 12.5. The number of piperazine rings is 1. The molecule has 0 N–H and O–H groups in total. The van der Waals surface area contributed by atoms with E-state index in [1.807, 2.05) is 25.1 Å². The molecule has 0 atom stereocenters. The van der Waals surface area contributed by atoms with Gasteiger partial charge < -0.3 is 14.5 Å². The van der Waals surface area contributed by atoms with Gasteiger partial charge in [-0.25, -0.2) is 0 Å². The number of hydrogen-bond acceptors (Lipinski definition) is 4. The minimum absolute atomic E-state index is 0.00864. The van der Waals surface area contributed by atoms with Crippen LogP contribution in [0.4, 0.5) is 0 Å². The summed E-state index contributed by atoms with van der Waals surface area (Å²) in [6.45, 7) is 3.75. The van der Waals surface area contributed by atoms with Crippen molar-refractivity contribution in [2.45, 2.75) is 13.3 Å². The Morgan fingerprint density at radius 1 is 0.821 bits per heavy atom. The van der Waals surface area contributed by atoms with Crippen LogP contribution in [0.1, 0.15) is 34.1 Å². The van der Waals surface area contributed by atoms with Crippen molar-refractivity contribution < 1.29 is 19.1 Å². The molecule has 1 fully saturated rings. The molecule has 1 saturated heterocycles. The lowest BCUT2D eigenvalue weighted by atomic mass is 10.1. The number of nitrogens with zero attached hydrogens (tertiary/aromatic N) is 2. The van der Waals surface area contributed by atoms with E-state index >= 15 is 0 Å². The molecule has 0 spiro atoms. The summed E-state index contributed by atoms with van der Waals surface area (Å²) in [7, 11) is 0. The number of ketones is 1. The van der Waals surface area contributed by atoms with Gasteiger partial charge in [0, 0.05) is 43.7 Å². The van der Waals surface area contributed by atoms with E-state index in [-0.39, 0.29) is 24.2 Å². The Labute approximate surface area is 164 Å². The number of Topliss-reactive ketones (excluding diaryl/α,β-unsaturated/α-hetero) is 1. The molecule has 1 heterocycles. The summed E-state index contributed by atoms with van der Waals surface area (Å²) in [5, 5.41) is 0. The molecule has 1 aliphatic rings. The first-order chi connectivity index (χ1) is 13.6. The fourth-order valence-electron chi connectivity index (χ4n) is 3.10. The normalized spacial score (nSPS) is 13.9. The van der Waals surface area contributed by atoms with Gasteiger partial charge in [-0.1, -0.05) is 25.1 Å². The van der Waals surface area contributed by atoms with Gasteiger partial charge in [-0.05, 0) is 36.4 Å². The van der Waals surface area contributed by atoms with Crippen molar-refractivity contribution in [3.8, 4) is 5.75 Å². The van der Waals surface area contributed by atoms with Crippen LogP contribution in [0.25, 0.3) is 0 Å². The second kappa shape index (κ2) is 9.17. The molecule has 0 aliphatic carbocycles. The highest BCUT2D eigenvalue weighted by Crippen LogP contribution is 2.14. The van der Waals surface area contributed by atoms with E-state index in [2.05, 4.69) is 0 Å². The summed E-state index contributed by atoms with van der Waals surface area (Å²) in [6.07, 6.45) is 0.456. The van der Waals surface area contributed by atoms with Crippen LogP contribution in [0, 0.1) is 0 Å². The molecule has 2 amide bonds. The highest BCUT2D eigenvalue weighted by atomic mass is 16.5. The van der Waals surface area contributed by atoms with E-state index in [1.165, 1.54) is 0 Å². The van der Waals surface area contributed by atoms with Crippen molar-refractivity contribution in [2.75, 3.05) is 32.8 Å². The first-order valence-corrected chi connectivity index (χ1v) is 9.46. The van der Waals surface area contributed by atoms with Crippen molar-refractivity contribution in [3.05, 3.63) is 65.7 Å². The van der Waals surface area contributed by atoms with Gasteiger partial charge >= 0.3 is 0 Å². The molecule has 2 aromatic rings. The average Bonchev–Trinajstić information content (AvgIpc) is 2.77. The molecule has 0 bridgehead atoms. The third kappa shape index (κ3) is 4.76. The molecule has 6 nitrogen and oxygen atoms in total. The minimum atomic E-state index is -0.111. The third-order valence-electron chi connectivity index (χ3n) is 4.80. The minimum Gasteiger partial charge on any atom is -0.484 e. The van der Waals surface area contributed by atoms with Crippen molar-refractivity contribution in [1.82, 2.24) is 9.80 Å². The van der Waals surface area contributed by atoms with E-state index in [0.717, 1.165) is 0 Å². The Bertz CT molecular complexity index is 825.